The van der Waals surface area contributed by atoms with Crippen molar-refractivity contribution < 1.29 is 18.1 Å². The average molecular weight is 378 g/mol. The van der Waals surface area contributed by atoms with Crippen LogP contribution in [0.1, 0.15) is 32.8 Å². The summed E-state index contributed by atoms with van der Waals surface area (Å²) in [6.45, 7) is 0. The molecule has 4 atom stereocenters. The Kier molecular flexibility index (Phi) is 3.64. The molecule has 1 fully saturated rings. The Morgan fingerprint density at radius 3 is 2.26 bits per heavy atom. The predicted molar refractivity (Wildman–Crippen MR) is 99.3 cm³/mol. The Bertz CT molecular complexity index is 1060. The van der Waals surface area contributed by atoms with Crippen molar-refractivity contribution in [1.29, 1.82) is 0 Å². The quantitative estimate of drug-likeness (QED) is 0.622. The number of ether oxygens (including phenoxy) is 1. The summed E-state index contributed by atoms with van der Waals surface area (Å²) < 4.78 is 32.8. The Hall–Kier alpha value is -2.63. The van der Waals surface area contributed by atoms with Gasteiger partial charge in [-0.05, 0) is 29.3 Å². The normalized spacial score (nSPS) is 28.8. The summed E-state index contributed by atoms with van der Waals surface area (Å²) in [4.78, 5) is 14.0. The van der Waals surface area contributed by atoms with Crippen LogP contribution in [0.3, 0.4) is 0 Å². The molecule has 3 aromatic carbocycles. The fourth-order valence-corrected chi connectivity index (χ4v) is 5.78. The molecule has 27 heavy (non-hydrogen) atoms. The number of carbonyl (C=O) groups excluding carboxylic acids is 1. The van der Waals surface area contributed by atoms with E-state index in [2.05, 4.69) is 0 Å². The van der Waals surface area contributed by atoms with Gasteiger partial charge in [0.2, 0.25) is 5.78 Å². The maximum absolute atomic E-state index is 13.5. The highest BCUT2D eigenvalue weighted by molar-refractivity contribution is 7.85. The van der Waals surface area contributed by atoms with Crippen molar-refractivity contribution in [2.45, 2.75) is 21.9 Å². The lowest BCUT2D eigenvalue weighted by Crippen LogP contribution is -2.40. The van der Waals surface area contributed by atoms with Crippen LogP contribution in [0.25, 0.3) is 0 Å². The molecular formula is C22H15FO3S. The van der Waals surface area contributed by atoms with Gasteiger partial charge in [0.15, 0.2) is 5.60 Å². The Morgan fingerprint density at radius 2 is 1.52 bits per heavy atom. The van der Waals surface area contributed by atoms with Crippen LogP contribution in [0.2, 0.25) is 0 Å². The van der Waals surface area contributed by atoms with Gasteiger partial charge >= 0.3 is 0 Å². The minimum absolute atomic E-state index is 0.166. The third kappa shape index (κ3) is 2.35. The highest BCUT2D eigenvalue weighted by Gasteiger charge is 2.71. The first-order chi connectivity index (χ1) is 13.1. The lowest BCUT2D eigenvalue weighted by molar-refractivity contribution is 0.0859. The van der Waals surface area contributed by atoms with Gasteiger partial charge in [0.1, 0.15) is 17.2 Å². The van der Waals surface area contributed by atoms with Crippen molar-refractivity contribution in [2.24, 2.45) is 0 Å². The third-order valence-corrected chi connectivity index (χ3v) is 7.07. The predicted octanol–water partition coefficient (Wildman–Crippen LogP) is 4.38. The molecule has 5 rings (SSSR count). The molecule has 1 saturated heterocycles. The molecule has 0 bridgehead atoms. The minimum Gasteiger partial charge on any atom is -0.350 e. The molecule has 0 aliphatic carbocycles. The molecule has 2 heterocycles. The SMILES string of the molecule is O=C1c2ccccc2S(=O)[C@H](c2ccccc2)[C@@]12O[C@@H]2c1ccc(F)cc1. The van der Waals surface area contributed by atoms with E-state index in [-0.39, 0.29) is 11.6 Å². The zero-order valence-electron chi connectivity index (χ0n) is 14.2. The molecule has 5 heteroatoms. The Balaban J connectivity index is 1.69. The monoisotopic (exact) mass is 378 g/mol. The van der Waals surface area contributed by atoms with Crippen LogP contribution in [0.5, 0.6) is 0 Å². The summed E-state index contributed by atoms with van der Waals surface area (Å²) >= 11 is 0. The number of carbonyl (C=O) groups is 1. The molecule has 2 aliphatic heterocycles. The molecule has 1 spiro atoms. The van der Waals surface area contributed by atoms with Crippen LogP contribution >= 0.6 is 0 Å². The first kappa shape index (κ1) is 16.5. The van der Waals surface area contributed by atoms with Crippen molar-refractivity contribution in [1.82, 2.24) is 0 Å². The number of rotatable bonds is 2. The van der Waals surface area contributed by atoms with Gasteiger partial charge in [-0.2, -0.15) is 0 Å². The zero-order valence-corrected chi connectivity index (χ0v) is 15.0. The summed E-state index contributed by atoms with van der Waals surface area (Å²) in [5, 5.41) is -0.615. The van der Waals surface area contributed by atoms with E-state index in [1.165, 1.54) is 12.1 Å². The fourth-order valence-electron chi connectivity index (χ4n) is 3.93. The third-order valence-electron chi connectivity index (χ3n) is 5.23. The van der Waals surface area contributed by atoms with Crippen LogP contribution < -0.4 is 0 Å². The van der Waals surface area contributed by atoms with E-state index in [1.807, 2.05) is 30.3 Å². The topological polar surface area (TPSA) is 46.7 Å². The standard InChI is InChI=1S/C22H15FO3S/c23-16-12-10-14(11-13-16)20-22(26-20)19(24)17-8-4-5-9-18(17)27(25)21(22)15-6-2-1-3-7-15/h1-13,20-21H/t20-,21-,22-,27?/m1/s1. The number of fused-ring (bicyclic) bond motifs is 1. The van der Waals surface area contributed by atoms with Gasteiger partial charge in [-0.1, -0.05) is 60.7 Å². The molecule has 2 aliphatic rings. The van der Waals surface area contributed by atoms with Crippen LogP contribution in [0, 0.1) is 5.82 Å². The number of hydrogen-bond donors (Lipinski definition) is 0. The van der Waals surface area contributed by atoms with Crippen molar-refractivity contribution in [2.75, 3.05) is 0 Å². The molecule has 0 N–H and O–H groups in total. The summed E-state index contributed by atoms with van der Waals surface area (Å²) in [6, 6.07) is 22.3. The molecule has 3 aromatic rings. The molecule has 0 radical (unpaired) electrons. The molecule has 134 valence electrons. The van der Waals surface area contributed by atoms with E-state index in [4.69, 9.17) is 4.74 Å². The zero-order chi connectivity index (χ0) is 18.6. The van der Waals surface area contributed by atoms with Crippen LogP contribution in [0.4, 0.5) is 4.39 Å². The van der Waals surface area contributed by atoms with Gasteiger partial charge in [-0.15, -0.1) is 0 Å². The van der Waals surface area contributed by atoms with Crippen LogP contribution in [-0.4, -0.2) is 15.6 Å². The summed E-state index contributed by atoms with van der Waals surface area (Å²) in [6.07, 6.45) is -0.548. The summed E-state index contributed by atoms with van der Waals surface area (Å²) in [5.74, 6) is -0.516. The molecule has 3 nitrogen and oxygen atoms in total. The highest BCUT2D eigenvalue weighted by atomic mass is 32.2. The first-order valence-corrected chi connectivity index (χ1v) is 9.87. The highest BCUT2D eigenvalue weighted by Crippen LogP contribution is 2.62. The van der Waals surface area contributed by atoms with E-state index >= 15 is 0 Å². The Morgan fingerprint density at radius 1 is 0.852 bits per heavy atom. The van der Waals surface area contributed by atoms with Gasteiger partial charge in [0.25, 0.3) is 0 Å². The number of benzene rings is 3. The second kappa shape index (κ2) is 5.94. The van der Waals surface area contributed by atoms with Gasteiger partial charge in [0.05, 0.1) is 15.7 Å². The van der Waals surface area contributed by atoms with Crippen molar-refractivity contribution >= 4 is 16.6 Å². The maximum Gasteiger partial charge on any atom is 0.200 e. The van der Waals surface area contributed by atoms with E-state index in [0.29, 0.717) is 16.0 Å². The number of halogens is 1. The number of epoxide rings is 1. The summed E-state index contributed by atoms with van der Waals surface area (Å²) in [7, 11) is -1.45. The average Bonchev–Trinajstić information content (AvgIpc) is 3.44. The molecule has 0 amide bonds. The fraction of sp³-hybridized carbons (Fsp3) is 0.136. The maximum atomic E-state index is 13.5. The van der Waals surface area contributed by atoms with Gasteiger partial charge in [-0.25, -0.2) is 4.39 Å². The first-order valence-electron chi connectivity index (χ1n) is 8.65. The van der Waals surface area contributed by atoms with Gasteiger partial charge in [-0.3, -0.25) is 9.00 Å². The second-order valence-corrected chi connectivity index (χ2v) is 8.26. The second-order valence-electron chi connectivity index (χ2n) is 6.76. The molecule has 0 saturated carbocycles. The van der Waals surface area contributed by atoms with Crippen molar-refractivity contribution in [3.05, 3.63) is 101 Å². The lowest BCUT2D eigenvalue weighted by Gasteiger charge is -2.30. The van der Waals surface area contributed by atoms with Crippen molar-refractivity contribution in [3.63, 3.8) is 0 Å². The summed E-state index contributed by atoms with van der Waals surface area (Å²) in [5.41, 5.74) is 0.719. The van der Waals surface area contributed by atoms with E-state index < -0.39 is 27.8 Å². The lowest BCUT2D eigenvalue weighted by atomic mass is 9.85. The number of ketones is 1. The smallest absolute Gasteiger partial charge is 0.200 e. The minimum atomic E-state index is -1.45. The van der Waals surface area contributed by atoms with Crippen molar-refractivity contribution in [3.8, 4) is 0 Å². The van der Waals surface area contributed by atoms with E-state index in [9.17, 15) is 13.4 Å². The molecule has 1 unspecified atom stereocenters. The van der Waals surface area contributed by atoms with E-state index in [1.54, 1.807) is 36.4 Å². The number of Topliss-reactive ketones (excluding diaryl/α,β-unsaturated/α-hetero) is 1. The molecular weight excluding hydrogens is 363 g/mol. The van der Waals surface area contributed by atoms with E-state index in [0.717, 1.165) is 5.56 Å². The van der Waals surface area contributed by atoms with Crippen LogP contribution in [-0.2, 0) is 15.5 Å². The van der Waals surface area contributed by atoms with Gasteiger partial charge < -0.3 is 4.74 Å². The Labute approximate surface area is 158 Å². The van der Waals surface area contributed by atoms with Gasteiger partial charge in [0, 0.05) is 5.56 Å². The van der Waals surface area contributed by atoms with Crippen LogP contribution in [0.15, 0.2) is 83.8 Å². The molecule has 0 aromatic heterocycles. The number of hydrogen-bond acceptors (Lipinski definition) is 3. The largest absolute Gasteiger partial charge is 0.350 e.